The standard InChI is InChI=1S/C10H14N2/c1-8-4-6-12-10(7-8)9(2)3-5-11/h4,6-7H,2-3,5,11H2,1H3. The fraction of sp³-hybridized carbons (Fsp3) is 0.300. The van der Waals surface area contributed by atoms with Gasteiger partial charge in [0.2, 0.25) is 0 Å². The molecule has 0 aromatic carbocycles. The van der Waals surface area contributed by atoms with Crippen LogP contribution >= 0.6 is 0 Å². The fourth-order valence-corrected chi connectivity index (χ4v) is 1.03. The predicted octanol–water partition coefficient (Wildman–Crippen LogP) is 1.75. The van der Waals surface area contributed by atoms with Crippen molar-refractivity contribution in [2.75, 3.05) is 6.54 Å². The summed E-state index contributed by atoms with van der Waals surface area (Å²) in [6.07, 6.45) is 2.61. The van der Waals surface area contributed by atoms with E-state index in [2.05, 4.69) is 11.6 Å². The largest absolute Gasteiger partial charge is 0.330 e. The number of aryl methyl sites for hydroxylation is 1. The average Bonchev–Trinajstić information content (AvgIpc) is 2.05. The van der Waals surface area contributed by atoms with Crippen molar-refractivity contribution in [3.63, 3.8) is 0 Å². The molecule has 0 radical (unpaired) electrons. The minimum absolute atomic E-state index is 0.633. The van der Waals surface area contributed by atoms with E-state index in [9.17, 15) is 0 Å². The van der Waals surface area contributed by atoms with Crippen molar-refractivity contribution < 1.29 is 0 Å². The van der Waals surface area contributed by atoms with Crippen LogP contribution in [0.4, 0.5) is 0 Å². The Morgan fingerprint density at radius 2 is 2.42 bits per heavy atom. The van der Waals surface area contributed by atoms with E-state index in [0.29, 0.717) is 6.54 Å². The maximum atomic E-state index is 5.42. The summed E-state index contributed by atoms with van der Waals surface area (Å²) in [7, 11) is 0. The van der Waals surface area contributed by atoms with Gasteiger partial charge in [-0.2, -0.15) is 0 Å². The topological polar surface area (TPSA) is 38.9 Å². The van der Waals surface area contributed by atoms with Crippen LogP contribution in [0.2, 0.25) is 0 Å². The highest BCUT2D eigenvalue weighted by Gasteiger charge is 1.98. The highest BCUT2D eigenvalue weighted by atomic mass is 14.7. The van der Waals surface area contributed by atoms with Crippen molar-refractivity contribution >= 4 is 5.57 Å². The molecule has 0 saturated heterocycles. The van der Waals surface area contributed by atoms with Crippen molar-refractivity contribution in [2.45, 2.75) is 13.3 Å². The van der Waals surface area contributed by atoms with Gasteiger partial charge in [0.1, 0.15) is 0 Å². The van der Waals surface area contributed by atoms with E-state index in [-0.39, 0.29) is 0 Å². The molecular formula is C10H14N2. The first-order valence-electron chi connectivity index (χ1n) is 4.05. The van der Waals surface area contributed by atoms with Gasteiger partial charge >= 0.3 is 0 Å². The van der Waals surface area contributed by atoms with Gasteiger partial charge in [-0.1, -0.05) is 6.58 Å². The molecule has 0 aliphatic rings. The Kier molecular flexibility index (Phi) is 3.00. The third-order valence-electron chi connectivity index (χ3n) is 1.72. The SMILES string of the molecule is C=C(CCN)c1cc(C)ccn1. The summed E-state index contributed by atoms with van der Waals surface area (Å²) in [5.41, 5.74) is 8.60. The zero-order valence-electron chi connectivity index (χ0n) is 7.38. The lowest BCUT2D eigenvalue weighted by molar-refractivity contribution is 1.01. The average molecular weight is 162 g/mol. The van der Waals surface area contributed by atoms with Crippen LogP contribution in [0.25, 0.3) is 5.57 Å². The first kappa shape index (κ1) is 8.94. The van der Waals surface area contributed by atoms with Gasteiger partial charge in [0.15, 0.2) is 0 Å². The van der Waals surface area contributed by atoms with Gasteiger partial charge in [0.05, 0.1) is 5.69 Å². The lowest BCUT2D eigenvalue weighted by Gasteiger charge is -2.03. The van der Waals surface area contributed by atoms with Crippen LogP contribution in [-0.2, 0) is 0 Å². The third kappa shape index (κ3) is 2.17. The molecule has 2 N–H and O–H groups in total. The Morgan fingerprint density at radius 1 is 1.67 bits per heavy atom. The Hall–Kier alpha value is -1.15. The number of hydrogen-bond donors (Lipinski definition) is 1. The van der Waals surface area contributed by atoms with Crippen LogP contribution < -0.4 is 5.73 Å². The normalized spacial score (nSPS) is 9.83. The van der Waals surface area contributed by atoms with Gasteiger partial charge in [0.25, 0.3) is 0 Å². The number of aromatic nitrogens is 1. The minimum Gasteiger partial charge on any atom is -0.330 e. The van der Waals surface area contributed by atoms with Gasteiger partial charge in [-0.15, -0.1) is 0 Å². The van der Waals surface area contributed by atoms with Crippen molar-refractivity contribution in [1.29, 1.82) is 0 Å². The minimum atomic E-state index is 0.633. The second-order valence-electron chi connectivity index (χ2n) is 2.86. The number of pyridine rings is 1. The molecule has 0 spiro atoms. The van der Waals surface area contributed by atoms with Crippen molar-refractivity contribution in [3.8, 4) is 0 Å². The quantitative estimate of drug-likeness (QED) is 0.735. The number of nitrogens with zero attached hydrogens (tertiary/aromatic N) is 1. The molecule has 12 heavy (non-hydrogen) atoms. The number of hydrogen-bond acceptors (Lipinski definition) is 2. The zero-order chi connectivity index (χ0) is 8.97. The zero-order valence-corrected chi connectivity index (χ0v) is 7.38. The van der Waals surface area contributed by atoms with Gasteiger partial charge < -0.3 is 5.73 Å². The molecule has 64 valence electrons. The summed E-state index contributed by atoms with van der Waals surface area (Å²) in [6, 6.07) is 4.00. The predicted molar refractivity (Wildman–Crippen MR) is 51.7 cm³/mol. The van der Waals surface area contributed by atoms with Crippen LogP contribution in [0.3, 0.4) is 0 Å². The molecule has 0 saturated carbocycles. The van der Waals surface area contributed by atoms with E-state index < -0.39 is 0 Å². The molecule has 0 bridgehead atoms. The number of nitrogens with two attached hydrogens (primary N) is 1. The fourth-order valence-electron chi connectivity index (χ4n) is 1.03. The molecule has 0 unspecified atom stereocenters. The molecule has 0 atom stereocenters. The summed E-state index contributed by atoms with van der Waals surface area (Å²) in [5, 5.41) is 0. The van der Waals surface area contributed by atoms with Gasteiger partial charge in [-0.05, 0) is 43.2 Å². The van der Waals surface area contributed by atoms with Crippen molar-refractivity contribution in [3.05, 3.63) is 36.2 Å². The van der Waals surface area contributed by atoms with E-state index in [1.165, 1.54) is 5.56 Å². The maximum absolute atomic E-state index is 5.42. The second kappa shape index (κ2) is 4.02. The van der Waals surface area contributed by atoms with Crippen LogP contribution in [0.5, 0.6) is 0 Å². The second-order valence-corrected chi connectivity index (χ2v) is 2.86. The summed E-state index contributed by atoms with van der Waals surface area (Å²) in [4.78, 5) is 4.20. The Bertz CT molecular complexity index is 279. The monoisotopic (exact) mass is 162 g/mol. The Labute approximate surface area is 73.1 Å². The lowest BCUT2D eigenvalue weighted by atomic mass is 10.1. The number of rotatable bonds is 3. The Balaban J connectivity index is 2.81. The first-order chi connectivity index (χ1) is 5.74. The molecule has 1 rings (SSSR count). The molecule has 1 aromatic rings. The van der Waals surface area contributed by atoms with E-state index >= 15 is 0 Å². The van der Waals surface area contributed by atoms with Crippen LogP contribution in [0.15, 0.2) is 24.9 Å². The van der Waals surface area contributed by atoms with E-state index in [1.807, 2.05) is 19.1 Å². The molecular weight excluding hydrogens is 148 g/mol. The lowest BCUT2D eigenvalue weighted by Crippen LogP contribution is -2.00. The van der Waals surface area contributed by atoms with E-state index in [4.69, 9.17) is 5.73 Å². The summed E-state index contributed by atoms with van der Waals surface area (Å²) in [5.74, 6) is 0. The van der Waals surface area contributed by atoms with E-state index in [0.717, 1.165) is 17.7 Å². The first-order valence-corrected chi connectivity index (χ1v) is 4.05. The molecule has 2 heteroatoms. The highest BCUT2D eigenvalue weighted by molar-refractivity contribution is 5.60. The molecule has 0 aliphatic carbocycles. The Morgan fingerprint density at radius 3 is 3.00 bits per heavy atom. The highest BCUT2D eigenvalue weighted by Crippen LogP contribution is 2.12. The van der Waals surface area contributed by atoms with Gasteiger partial charge in [-0.25, -0.2) is 0 Å². The smallest absolute Gasteiger partial charge is 0.0658 e. The van der Waals surface area contributed by atoms with Crippen molar-refractivity contribution in [2.24, 2.45) is 5.73 Å². The maximum Gasteiger partial charge on any atom is 0.0658 e. The van der Waals surface area contributed by atoms with E-state index in [1.54, 1.807) is 6.20 Å². The molecule has 0 fully saturated rings. The molecule has 1 aromatic heterocycles. The third-order valence-corrected chi connectivity index (χ3v) is 1.72. The molecule has 2 nitrogen and oxygen atoms in total. The van der Waals surface area contributed by atoms with Crippen LogP contribution in [0, 0.1) is 6.92 Å². The molecule has 0 aliphatic heterocycles. The van der Waals surface area contributed by atoms with Crippen LogP contribution in [-0.4, -0.2) is 11.5 Å². The van der Waals surface area contributed by atoms with Gasteiger partial charge in [-0.3, -0.25) is 4.98 Å². The van der Waals surface area contributed by atoms with Gasteiger partial charge in [0, 0.05) is 6.20 Å². The molecule has 0 amide bonds. The summed E-state index contributed by atoms with van der Waals surface area (Å²) >= 11 is 0. The van der Waals surface area contributed by atoms with Crippen LogP contribution in [0.1, 0.15) is 17.7 Å². The summed E-state index contributed by atoms with van der Waals surface area (Å²) in [6.45, 7) is 6.59. The molecule has 1 heterocycles. The van der Waals surface area contributed by atoms with Crippen molar-refractivity contribution in [1.82, 2.24) is 4.98 Å². The summed E-state index contributed by atoms with van der Waals surface area (Å²) < 4.78 is 0.